The second-order valence-corrected chi connectivity index (χ2v) is 4.84. The molecule has 1 aromatic rings. The third kappa shape index (κ3) is 4.05. The summed E-state index contributed by atoms with van der Waals surface area (Å²) >= 11 is 0. The Hall–Kier alpha value is -1.91. The maximum Gasteiger partial charge on any atom is 0.406 e. The van der Waals surface area contributed by atoms with Crippen molar-refractivity contribution in [1.29, 1.82) is 0 Å². The summed E-state index contributed by atoms with van der Waals surface area (Å²) in [5, 5.41) is 2.75. The molecule has 5 nitrogen and oxygen atoms in total. The summed E-state index contributed by atoms with van der Waals surface area (Å²) in [6.45, 7) is 4.74. The summed E-state index contributed by atoms with van der Waals surface area (Å²) in [6.07, 6.45) is -0.420. The molecule has 1 amide bonds. The lowest BCUT2D eigenvalue weighted by Gasteiger charge is -2.22. The fourth-order valence-electron chi connectivity index (χ4n) is 2.09. The maximum atomic E-state index is 11.2. The van der Waals surface area contributed by atoms with Crippen LogP contribution in [0.3, 0.4) is 0 Å². The number of methoxy groups -OCH3 is 3. The van der Waals surface area contributed by atoms with Crippen molar-refractivity contribution in [2.24, 2.45) is 5.92 Å². The number of carbonyl (C=O) groups excluding carboxylic acids is 1. The third-order valence-corrected chi connectivity index (χ3v) is 3.29. The first-order chi connectivity index (χ1) is 9.53. The molecule has 5 heteroatoms. The van der Waals surface area contributed by atoms with Gasteiger partial charge in [0.05, 0.1) is 21.3 Å². The van der Waals surface area contributed by atoms with Crippen LogP contribution in [0.15, 0.2) is 18.2 Å². The van der Waals surface area contributed by atoms with Gasteiger partial charge in [-0.25, -0.2) is 4.79 Å². The first-order valence-corrected chi connectivity index (χ1v) is 6.57. The Morgan fingerprint density at radius 3 is 2.30 bits per heavy atom. The van der Waals surface area contributed by atoms with Crippen LogP contribution in [0.25, 0.3) is 0 Å². The number of rotatable bonds is 6. The van der Waals surface area contributed by atoms with Gasteiger partial charge in [-0.1, -0.05) is 19.9 Å². The molecular formula is C15H23NO4. The Morgan fingerprint density at radius 1 is 1.15 bits per heavy atom. The quantitative estimate of drug-likeness (QED) is 0.871. The number of nitrogens with one attached hydrogen (secondary N) is 1. The molecule has 0 saturated carbocycles. The fourth-order valence-corrected chi connectivity index (χ4v) is 2.09. The SMILES string of the molecule is COC(=O)NCC(c1ccc(OC)c(OC)c1)C(C)C. The van der Waals surface area contributed by atoms with E-state index in [9.17, 15) is 4.79 Å². The number of amides is 1. The van der Waals surface area contributed by atoms with Gasteiger partial charge in [-0.15, -0.1) is 0 Å². The van der Waals surface area contributed by atoms with Gasteiger partial charge in [-0.05, 0) is 23.6 Å². The van der Waals surface area contributed by atoms with Gasteiger partial charge >= 0.3 is 6.09 Å². The van der Waals surface area contributed by atoms with E-state index in [1.807, 2.05) is 18.2 Å². The van der Waals surface area contributed by atoms with Crippen LogP contribution in [0.4, 0.5) is 4.79 Å². The zero-order valence-electron chi connectivity index (χ0n) is 12.7. The fraction of sp³-hybridized carbons (Fsp3) is 0.533. The zero-order chi connectivity index (χ0) is 15.1. The molecule has 0 aromatic heterocycles. The van der Waals surface area contributed by atoms with Crippen LogP contribution in [0.2, 0.25) is 0 Å². The minimum atomic E-state index is -0.420. The Labute approximate surface area is 120 Å². The first-order valence-electron chi connectivity index (χ1n) is 6.57. The highest BCUT2D eigenvalue weighted by atomic mass is 16.5. The standard InChI is InChI=1S/C15H23NO4/c1-10(2)12(9-16-15(17)20-5)11-6-7-13(18-3)14(8-11)19-4/h6-8,10,12H,9H2,1-5H3,(H,16,17). The van der Waals surface area contributed by atoms with Gasteiger partial charge in [0.25, 0.3) is 0 Å². The van der Waals surface area contributed by atoms with E-state index in [0.29, 0.717) is 24.0 Å². The average molecular weight is 281 g/mol. The molecule has 112 valence electrons. The summed E-state index contributed by atoms with van der Waals surface area (Å²) in [4.78, 5) is 11.2. The molecule has 1 N–H and O–H groups in total. The molecule has 0 radical (unpaired) electrons. The molecule has 0 spiro atoms. The van der Waals surface area contributed by atoms with Crippen LogP contribution in [-0.4, -0.2) is 34.0 Å². The number of alkyl carbamates (subject to hydrolysis) is 1. The molecule has 0 aliphatic carbocycles. The largest absolute Gasteiger partial charge is 0.493 e. The molecule has 0 fully saturated rings. The van der Waals surface area contributed by atoms with Crippen molar-refractivity contribution in [3.05, 3.63) is 23.8 Å². The molecule has 1 atom stereocenters. The van der Waals surface area contributed by atoms with E-state index in [0.717, 1.165) is 5.56 Å². The van der Waals surface area contributed by atoms with Gasteiger partial charge in [0, 0.05) is 12.5 Å². The van der Waals surface area contributed by atoms with Gasteiger partial charge in [-0.3, -0.25) is 0 Å². The Balaban J connectivity index is 2.94. The Bertz CT molecular complexity index is 445. The topological polar surface area (TPSA) is 56.8 Å². The van der Waals surface area contributed by atoms with Crippen molar-refractivity contribution >= 4 is 6.09 Å². The molecule has 0 saturated heterocycles. The van der Waals surface area contributed by atoms with Crippen LogP contribution in [0, 0.1) is 5.92 Å². The number of carbonyl (C=O) groups is 1. The van der Waals surface area contributed by atoms with Gasteiger partial charge < -0.3 is 19.5 Å². The van der Waals surface area contributed by atoms with E-state index in [4.69, 9.17) is 9.47 Å². The van der Waals surface area contributed by atoms with E-state index < -0.39 is 6.09 Å². The van der Waals surface area contributed by atoms with Gasteiger partial charge in [0.15, 0.2) is 11.5 Å². The van der Waals surface area contributed by atoms with Crippen molar-refractivity contribution in [2.75, 3.05) is 27.9 Å². The van der Waals surface area contributed by atoms with Crippen molar-refractivity contribution in [2.45, 2.75) is 19.8 Å². The van der Waals surface area contributed by atoms with E-state index in [1.54, 1.807) is 14.2 Å². The molecule has 0 bridgehead atoms. The molecule has 1 aromatic carbocycles. The van der Waals surface area contributed by atoms with Crippen LogP contribution in [0.1, 0.15) is 25.3 Å². The Kier molecular flexibility index (Phi) is 6.15. The minimum Gasteiger partial charge on any atom is -0.493 e. The number of benzene rings is 1. The van der Waals surface area contributed by atoms with E-state index in [1.165, 1.54) is 7.11 Å². The van der Waals surface area contributed by atoms with Gasteiger partial charge in [-0.2, -0.15) is 0 Å². The number of hydrogen-bond donors (Lipinski definition) is 1. The van der Waals surface area contributed by atoms with Gasteiger partial charge in [0.2, 0.25) is 0 Å². The minimum absolute atomic E-state index is 0.175. The van der Waals surface area contributed by atoms with Crippen LogP contribution in [-0.2, 0) is 4.74 Å². The van der Waals surface area contributed by atoms with Gasteiger partial charge in [0.1, 0.15) is 0 Å². The van der Waals surface area contributed by atoms with E-state index in [2.05, 4.69) is 23.9 Å². The summed E-state index contributed by atoms with van der Waals surface area (Å²) < 4.78 is 15.2. The maximum absolute atomic E-state index is 11.2. The molecule has 0 heterocycles. The average Bonchev–Trinajstić information content (AvgIpc) is 2.46. The monoisotopic (exact) mass is 281 g/mol. The molecule has 20 heavy (non-hydrogen) atoms. The summed E-state index contributed by atoms with van der Waals surface area (Å²) in [5.41, 5.74) is 1.09. The highest BCUT2D eigenvalue weighted by molar-refractivity contribution is 5.67. The normalized spacial score (nSPS) is 11.9. The van der Waals surface area contributed by atoms with Crippen molar-refractivity contribution < 1.29 is 19.0 Å². The van der Waals surface area contributed by atoms with Crippen LogP contribution >= 0.6 is 0 Å². The summed E-state index contributed by atoms with van der Waals surface area (Å²) in [5.74, 6) is 1.92. The highest BCUT2D eigenvalue weighted by Gasteiger charge is 2.19. The first kappa shape index (κ1) is 16.1. The zero-order valence-corrected chi connectivity index (χ0v) is 12.7. The predicted molar refractivity (Wildman–Crippen MR) is 77.5 cm³/mol. The van der Waals surface area contributed by atoms with E-state index in [-0.39, 0.29) is 5.92 Å². The number of hydrogen-bond acceptors (Lipinski definition) is 4. The Morgan fingerprint density at radius 2 is 1.80 bits per heavy atom. The van der Waals surface area contributed by atoms with Crippen LogP contribution in [0.5, 0.6) is 11.5 Å². The van der Waals surface area contributed by atoms with Crippen molar-refractivity contribution in [3.63, 3.8) is 0 Å². The highest BCUT2D eigenvalue weighted by Crippen LogP contribution is 2.33. The van der Waals surface area contributed by atoms with Crippen LogP contribution < -0.4 is 14.8 Å². The van der Waals surface area contributed by atoms with E-state index >= 15 is 0 Å². The molecular weight excluding hydrogens is 258 g/mol. The lowest BCUT2D eigenvalue weighted by atomic mass is 9.88. The second-order valence-electron chi connectivity index (χ2n) is 4.84. The second kappa shape index (κ2) is 7.62. The molecule has 1 rings (SSSR count). The van der Waals surface area contributed by atoms with Crippen molar-refractivity contribution in [1.82, 2.24) is 5.32 Å². The lowest BCUT2D eigenvalue weighted by molar-refractivity contribution is 0.169. The molecule has 1 unspecified atom stereocenters. The lowest BCUT2D eigenvalue weighted by Crippen LogP contribution is -2.30. The smallest absolute Gasteiger partial charge is 0.406 e. The number of ether oxygens (including phenoxy) is 3. The van der Waals surface area contributed by atoms with Crippen molar-refractivity contribution in [3.8, 4) is 11.5 Å². The third-order valence-electron chi connectivity index (χ3n) is 3.29. The molecule has 0 aliphatic rings. The predicted octanol–water partition coefficient (Wildman–Crippen LogP) is 2.80. The molecule has 0 aliphatic heterocycles. The summed E-state index contributed by atoms with van der Waals surface area (Å²) in [7, 11) is 4.57. The summed E-state index contributed by atoms with van der Waals surface area (Å²) in [6, 6.07) is 5.81.